The number of aryl methyl sites for hydroxylation is 1. The molecule has 0 aromatic heterocycles. The number of rotatable bonds is 4. The number of carbonyl (C=O) groups is 1. The van der Waals surface area contributed by atoms with Crippen LogP contribution in [-0.4, -0.2) is 97.5 Å². The molecule has 1 N–H and O–H groups in total. The van der Waals surface area contributed by atoms with Gasteiger partial charge in [0.15, 0.2) is 6.29 Å². The topological polar surface area (TPSA) is 107 Å². The first-order chi connectivity index (χ1) is 24.5. The van der Waals surface area contributed by atoms with Crippen LogP contribution >= 0.6 is 11.6 Å². The van der Waals surface area contributed by atoms with Crippen molar-refractivity contribution in [2.45, 2.75) is 81.3 Å². The second-order valence-corrected chi connectivity index (χ2v) is 18.3. The lowest BCUT2D eigenvalue weighted by atomic mass is 9.64. The number of carbonyl (C=O) groups excluding carboxylic acids is 1. The van der Waals surface area contributed by atoms with Crippen LogP contribution in [0.4, 0.5) is 5.69 Å². The fourth-order valence-corrected chi connectivity index (χ4v) is 11.2. The van der Waals surface area contributed by atoms with Crippen LogP contribution < -0.4 is 14.4 Å². The number of hydrogen-bond donors (Lipinski definition) is 1. The van der Waals surface area contributed by atoms with Crippen molar-refractivity contribution in [3.05, 3.63) is 58.1 Å². The van der Waals surface area contributed by atoms with E-state index < -0.39 is 21.2 Å². The van der Waals surface area contributed by atoms with E-state index >= 15 is 0 Å². The molecule has 1 amide bonds. The van der Waals surface area contributed by atoms with Gasteiger partial charge in [0.1, 0.15) is 11.0 Å². The SMILES string of the molecule is COC[C@H]1[C@@H](C)CCC[C@H]([C@H]2OC[C@@H](N(C)C)CO2)[C@@H]2CC[C@H]2CN2C[C@@]3(CCCc4cc(Cl)ccc43)COc3ccc(cc32)C(=O)NS1(=O)=O. The number of likely N-dealkylation sites (N-methyl/N-ethyl adjacent to an activating group) is 1. The monoisotopic (exact) mass is 743 g/mol. The molecule has 280 valence electrons. The zero-order chi connectivity index (χ0) is 35.9. The molecule has 6 atom stereocenters. The van der Waals surface area contributed by atoms with E-state index in [1.165, 1.54) is 18.2 Å². The quantitative estimate of drug-likeness (QED) is 0.425. The first kappa shape index (κ1) is 36.9. The van der Waals surface area contributed by atoms with Crippen molar-refractivity contribution in [1.29, 1.82) is 0 Å². The Labute approximate surface area is 308 Å². The number of ether oxygens (including phenoxy) is 4. The normalized spacial score (nSPS) is 34.0. The first-order valence-corrected chi connectivity index (χ1v) is 20.7. The van der Waals surface area contributed by atoms with Crippen LogP contribution in [0.15, 0.2) is 36.4 Å². The summed E-state index contributed by atoms with van der Waals surface area (Å²) in [6.07, 6.45) is 7.26. The Kier molecular flexibility index (Phi) is 11.0. The summed E-state index contributed by atoms with van der Waals surface area (Å²) >= 11 is 6.48. The Bertz CT molecular complexity index is 1680. The number of amides is 1. The molecule has 1 spiro atoms. The van der Waals surface area contributed by atoms with Gasteiger partial charge in [-0.15, -0.1) is 0 Å². The standard InChI is InChI=1S/C39H54ClN3O7S/c1-25-7-5-9-32(38-48-20-30(21-49-38)42(2)3)31-13-10-28(31)19-43-23-39(16-6-8-26-17-29(40)12-14-33(26)39)24-50-35-15-11-27(18-34(35)43)37(44)41-51(45,46)36(25)22-47-4/h11-12,14-15,17-18,25,28,30-32,36,38H,5-10,13,16,19-24H2,1-4H3,(H,41,44)/t25-,28-,30-,31+,32-,36-,38+,39-/m0/s1. The molecular formula is C39H54ClN3O7S. The molecule has 1 saturated heterocycles. The fourth-order valence-electron chi connectivity index (χ4n) is 9.38. The molecule has 2 aromatic carbocycles. The predicted octanol–water partition coefficient (Wildman–Crippen LogP) is 5.65. The summed E-state index contributed by atoms with van der Waals surface area (Å²) < 4.78 is 55.1. The van der Waals surface area contributed by atoms with Gasteiger partial charge in [-0.05, 0) is 118 Å². The zero-order valence-corrected chi connectivity index (χ0v) is 32.0. The van der Waals surface area contributed by atoms with Gasteiger partial charge in [0.05, 0.1) is 38.2 Å². The smallest absolute Gasteiger partial charge is 0.264 e. The van der Waals surface area contributed by atoms with E-state index in [9.17, 15) is 13.2 Å². The summed E-state index contributed by atoms with van der Waals surface area (Å²) in [7, 11) is 1.56. The lowest BCUT2D eigenvalue weighted by molar-refractivity contribution is -0.240. The second-order valence-electron chi connectivity index (χ2n) is 16.0. The van der Waals surface area contributed by atoms with E-state index in [-0.39, 0.29) is 41.8 Å². The molecule has 0 unspecified atom stereocenters. The minimum absolute atomic E-state index is 0.000741. The number of nitrogens with zero attached hydrogens (tertiary/aromatic N) is 2. The molecule has 2 fully saturated rings. The van der Waals surface area contributed by atoms with Gasteiger partial charge in [-0.1, -0.05) is 31.0 Å². The van der Waals surface area contributed by atoms with Crippen molar-refractivity contribution in [2.24, 2.45) is 23.7 Å². The molecule has 5 aliphatic rings. The van der Waals surface area contributed by atoms with Crippen molar-refractivity contribution in [3.8, 4) is 5.75 Å². The largest absolute Gasteiger partial charge is 0.490 e. The number of methoxy groups -OCH3 is 1. The maximum Gasteiger partial charge on any atom is 0.264 e. The summed E-state index contributed by atoms with van der Waals surface area (Å²) in [6, 6.07) is 11.8. The highest BCUT2D eigenvalue weighted by Crippen LogP contribution is 2.49. The van der Waals surface area contributed by atoms with Crippen molar-refractivity contribution in [1.82, 2.24) is 9.62 Å². The van der Waals surface area contributed by atoms with Crippen LogP contribution in [0.5, 0.6) is 5.75 Å². The van der Waals surface area contributed by atoms with Crippen LogP contribution in [-0.2, 0) is 36.1 Å². The lowest BCUT2D eigenvalue weighted by Gasteiger charge is -2.49. The molecule has 7 rings (SSSR count). The highest BCUT2D eigenvalue weighted by atomic mass is 35.5. The van der Waals surface area contributed by atoms with Crippen LogP contribution in [0.1, 0.15) is 73.4 Å². The van der Waals surface area contributed by atoms with Gasteiger partial charge in [0, 0.05) is 42.1 Å². The van der Waals surface area contributed by atoms with Crippen LogP contribution in [0, 0.1) is 23.7 Å². The molecule has 0 radical (unpaired) electrons. The summed E-state index contributed by atoms with van der Waals surface area (Å²) in [5.74, 6) is 0.812. The van der Waals surface area contributed by atoms with Crippen LogP contribution in [0.25, 0.3) is 0 Å². The summed E-state index contributed by atoms with van der Waals surface area (Å²) in [6.45, 7) is 5.22. The number of benzene rings is 2. The molecule has 51 heavy (non-hydrogen) atoms. The highest BCUT2D eigenvalue weighted by Gasteiger charge is 2.47. The van der Waals surface area contributed by atoms with Crippen molar-refractivity contribution in [2.75, 3.05) is 65.6 Å². The molecule has 12 heteroatoms. The van der Waals surface area contributed by atoms with Gasteiger partial charge in [0.25, 0.3) is 5.91 Å². The lowest BCUT2D eigenvalue weighted by Crippen LogP contribution is -2.52. The molecule has 3 aliphatic heterocycles. The average molecular weight is 744 g/mol. The van der Waals surface area contributed by atoms with Gasteiger partial charge in [-0.25, -0.2) is 13.1 Å². The summed E-state index contributed by atoms with van der Waals surface area (Å²) in [5.41, 5.74) is 3.40. The minimum Gasteiger partial charge on any atom is -0.490 e. The summed E-state index contributed by atoms with van der Waals surface area (Å²) in [5, 5.41) is -0.133. The Balaban J connectivity index is 1.27. The zero-order valence-electron chi connectivity index (χ0n) is 30.4. The van der Waals surface area contributed by atoms with Gasteiger partial charge >= 0.3 is 0 Å². The number of fused-ring (bicyclic) bond motifs is 4. The Hall–Kier alpha value is -2.41. The maximum absolute atomic E-state index is 13.8. The van der Waals surface area contributed by atoms with E-state index in [0.717, 1.165) is 68.7 Å². The molecular weight excluding hydrogens is 690 g/mol. The molecule has 2 bridgehead atoms. The Morgan fingerprint density at radius 1 is 1.04 bits per heavy atom. The number of nitrogens with one attached hydrogen (secondary N) is 1. The van der Waals surface area contributed by atoms with E-state index in [4.69, 9.17) is 30.5 Å². The van der Waals surface area contributed by atoms with E-state index in [0.29, 0.717) is 43.8 Å². The molecule has 2 aliphatic carbocycles. The predicted molar refractivity (Wildman–Crippen MR) is 198 cm³/mol. The van der Waals surface area contributed by atoms with E-state index in [2.05, 4.69) is 40.7 Å². The first-order valence-electron chi connectivity index (χ1n) is 18.7. The molecule has 1 saturated carbocycles. The molecule has 10 nitrogen and oxygen atoms in total. The number of hydrogen-bond acceptors (Lipinski definition) is 9. The third-order valence-corrected chi connectivity index (χ3v) is 14.7. The number of halogens is 1. The number of sulfonamides is 1. The maximum atomic E-state index is 13.8. The highest BCUT2D eigenvalue weighted by molar-refractivity contribution is 7.90. The van der Waals surface area contributed by atoms with Gasteiger partial charge in [-0.2, -0.15) is 0 Å². The van der Waals surface area contributed by atoms with Gasteiger partial charge < -0.3 is 28.7 Å². The second kappa shape index (κ2) is 15.1. The van der Waals surface area contributed by atoms with Crippen molar-refractivity contribution < 1.29 is 32.2 Å². The van der Waals surface area contributed by atoms with Crippen molar-refractivity contribution >= 4 is 33.2 Å². The van der Waals surface area contributed by atoms with Crippen LogP contribution in [0.3, 0.4) is 0 Å². The van der Waals surface area contributed by atoms with E-state index in [1.807, 2.05) is 25.1 Å². The Morgan fingerprint density at radius 2 is 1.84 bits per heavy atom. The van der Waals surface area contributed by atoms with Crippen molar-refractivity contribution in [3.63, 3.8) is 0 Å². The van der Waals surface area contributed by atoms with Crippen LogP contribution in [0.2, 0.25) is 5.02 Å². The third-order valence-electron chi connectivity index (χ3n) is 12.6. The average Bonchev–Trinajstić information content (AvgIpc) is 3.24. The van der Waals surface area contributed by atoms with E-state index in [1.54, 1.807) is 6.07 Å². The third kappa shape index (κ3) is 7.53. The summed E-state index contributed by atoms with van der Waals surface area (Å²) in [4.78, 5) is 18.3. The number of anilines is 1. The van der Waals surface area contributed by atoms with Gasteiger partial charge in [-0.3, -0.25) is 4.79 Å². The van der Waals surface area contributed by atoms with Gasteiger partial charge in [0.2, 0.25) is 10.0 Å². The minimum atomic E-state index is -4.05. The molecule has 2 aromatic rings. The molecule has 3 heterocycles. The fraction of sp³-hybridized carbons (Fsp3) is 0.667. The Morgan fingerprint density at radius 3 is 2.57 bits per heavy atom.